The number of nitrogens with two attached hydrogens (primary N) is 1. The first-order valence-corrected chi connectivity index (χ1v) is 8.84. The van der Waals surface area contributed by atoms with E-state index in [1.54, 1.807) is 0 Å². The molecule has 1 amide bonds. The van der Waals surface area contributed by atoms with Crippen molar-refractivity contribution in [2.24, 2.45) is 11.1 Å². The monoisotopic (exact) mass is 314 g/mol. The highest BCUT2D eigenvalue weighted by molar-refractivity contribution is 7.89. The molecule has 1 fully saturated rings. The maximum atomic E-state index is 11.9. The molecule has 1 aliphatic carbocycles. The Morgan fingerprint density at radius 1 is 1.38 bits per heavy atom. The SMILES string of the molecule is Cc1oc(C(=O)NCCC2CCCCC2)cc1S(N)(=O)=O. The van der Waals surface area contributed by atoms with E-state index in [1.807, 2.05) is 0 Å². The first-order chi connectivity index (χ1) is 9.88. The number of aryl methyl sites for hydroxylation is 1. The largest absolute Gasteiger partial charge is 0.455 e. The zero-order chi connectivity index (χ0) is 15.5. The number of carbonyl (C=O) groups excluding carboxylic acids is 1. The van der Waals surface area contributed by atoms with Gasteiger partial charge in [-0.3, -0.25) is 4.79 Å². The lowest BCUT2D eigenvalue weighted by Gasteiger charge is -2.21. The average molecular weight is 314 g/mol. The molecule has 0 atom stereocenters. The molecule has 1 aromatic heterocycles. The highest BCUT2D eigenvalue weighted by Gasteiger charge is 2.21. The lowest BCUT2D eigenvalue weighted by molar-refractivity contribution is 0.0921. The van der Waals surface area contributed by atoms with Gasteiger partial charge in [0.25, 0.3) is 5.91 Å². The summed E-state index contributed by atoms with van der Waals surface area (Å²) in [4.78, 5) is 11.8. The number of sulfonamides is 1. The second-order valence-electron chi connectivity index (χ2n) is 5.62. The van der Waals surface area contributed by atoms with E-state index in [9.17, 15) is 13.2 Å². The van der Waals surface area contributed by atoms with Gasteiger partial charge in [-0.25, -0.2) is 13.6 Å². The molecule has 7 heteroatoms. The molecule has 6 nitrogen and oxygen atoms in total. The minimum absolute atomic E-state index is 0.0137. The van der Waals surface area contributed by atoms with E-state index >= 15 is 0 Å². The summed E-state index contributed by atoms with van der Waals surface area (Å²) >= 11 is 0. The zero-order valence-electron chi connectivity index (χ0n) is 12.2. The van der Waals surface area contributed by atoms with Crippen LogP contribution in [0.1, 0.15) is 54.8 Å². The summed E-state index contributed by atoms with van der Waals surface area (Å²) in [6, 6.07) is 1.18. The Morgan fingerprint density at radius 2 is 2.05 bits per heavy atom. The number of nitrogens with one attached hydrogen (secondary N) is 1. The number of carbonyl (C=O) groups is 1. The highest BCUT2D eigenvalue weighted by atomic mass is 32.2. The van der Waals surface area contributed by atoms with E-state index in [0.29, 0.717) is 12.5 Å². The van der Waals surface area contributed by atoms with Crippen molar-refractivity contribution in [2.75, 3.05) is 6.54 Å². The van der Waals surface area contributed by atoms with Crippen LogP contribution in [0.5, 0.6) is 0 Å². The molecule has 0 unspecified atom stereocenters. The van der Waals surface area contributed by atoms with Crippen molar-refractivity contribution in [3.63, 3.8) is 0 Å². The Bertz CT molecular complexity index is 600. The molecular weight excluding hydrogens is 292 g/mol. The van der Waals surface area contributed by atoms with E-state index in [0.717, 1.165) is 6.42 Å². The molecule has 1 aliphatic rings. The Labute approximate surface area is 125 Å². The quantitative estimate of drug-likeness (QED) is 0.866. The second kappa shape index (κ2) is 6.62. The van der Waals surface area contributed by atoms with E-state index in [4.69, 9.17) is 9.56 Å². The van der Waals surface area contributed by atoms with Crippen molar-refractivity contribution in [3.8, 4) is 0 Å². The standard InChI is InChI=1S/C14H22N2O4S/c1-10-13(21(15,18)19)9-12(20-10)14(17)16-8-7-11-5-3-2-4-6-11/h9,11H,2-8H2,1H3,(H,16,17)(H2,15,18,19). The molecular formula is C14H22N2O4S. The molecule has 1 saturated carbocycles. The molecule has 1 aromatic rings. The van der Waals surface area contributed by atoms with Gasteiger partial charge >= 0.3 is 0 Å². The molecule has 0 aliphatic heterocycles. The number of amides is 1. The summed E-state index contributed by atoms with van der Waals surface area (Å²) in [6.07, 6.45) is 7.26. The molecule has 3 N–H and O–H groups in total. The van der Waals surface area contributed by atoms with Crippen LogP contribution in [0.15, 0.2) is 15.4 Å². The Hall–Kier alpha value is -1.34. The summed E-state index contributed by atoms with van der Waals surface area (Å²) in [5.74, 6) is 0.399. The second-order valence-corrected chi connectivity index (χ2v) is 7.15. The molecule has 118 valence electrons. The van der Waals surface area contributed by atoms with Gasteiger partial charge in [0.1, 0.15) is 10.7 Å². The fraction of sp³-hybridized carbons (Fsp3) is 0.643. The van der Waals surface area contributed by atoms with E-state index in [-0.39, 0.29) is 16.4 Å². The van der Waals surface area contributed by atoms with Gasteiger partial charge in [-0.15, -0.1) is 0 Å². The van der Waals surface area contributed by atoms with E-state index in [2.05, 4.69) is 5.32 Å². The van der Waals surface area contributed by atoms with Gasteiger partial charge < -0.3 is 9.73 Å². The van der Waals surface area contributed by atoms with Gasteiger partial charge in [0, 0.05) is 12.6 Å². The molecule has 0 radical (unpaired) electrons. The number of rotatable bonds is 5. The minimum atomic E-state index is -3.86. The fourth-order valence-corrected chi connectivity index (χ4v) is 3.53. The minimum Gasteiger partial charge on any atom is -0.455 e. The van der Waals surface area contributed by atoms with Crippen molar-refractivity contribution >= 4 is 15.9 Å². The van der Waals surface area contributed by atoms with Crippen molar-refractivity contribution in [3.05, 3.63) is 17.6 Å². The summed E-state index contributed by atoms with van der Waals surface area (Å²) < 4.78 is 27.8. The predicted molar refractivity (Wildman–Crippen MR) is 78.3 cm³/mol. The predicted octanol–water partition coefficient (Wildman–Crippen LogP) is 1.94. The van der Waals surface area contributed by atoms with Crippen LogP contribution in [-0.2, 0) is 10.0 Å². The van der Waals surface area contributed by atoms with Crippen molar-refractivity contribution in [1.82, 2.24) is 5.32 Å². The first-order valence-electron chi connectivity index (χ1n) is 7.29. The lowest BCUT2D eigenvalue weighted by Crippen LogP contribution is -2.26. The van der Waals surface area contributed by atoms with Crippen LogP contribution in [0, 0.1) is 12.8 Å². The van der Waals surface area contributed by atoms with Gasteiger partial charge in [0.05, 0.1) is 0 Å². The maximum Gasteiger partial charge on any atom is 0.287 e. The normalized spacial score (nSPS) is 16.9. The van der Waals surface area contributed by atoms with Gasteiger partial charge in [-0.05, 0) is 19.3 Å². The third kappa shape index (κ3) is 4.31. The van der Waals surface area contributed by atoms with Crippen LogP contribution in [0.2, 0.25) is 0 Å². The van der Waals surface area contributed by atoms with Crippen LogP contribution < -0.4 is 10.5 Å². The van der Waals surface area contributed by atoms with Gasteiger partial charge in [-0.2, -0.15) is 0 Å². The maximum absolute atomic E-state index is 11.9. The topological polar surface area (TPSA) is 102 Å². The highest BCUT2D eigenvalue weighted by Crippen LogP contribution is 2.25. The summed E-state index contributed by atoms with van der Waals surface area (Å²) in [5, 5.41) is 7.82. The van der Waals surface area contributed by atoms with Crippen molar-refractivity contribution in [1.29, 1.82) is 0 Å². The van der Waals surface area contributed by atoms with Crippen LogP contribution in [0.4, 0.5) is 0 Å². The number of primary sulfonamides is 1. The third-order valence-corrected chi connectivity index (χ3v) is 4.98. The Morgan fingerprint density at radius 3 is 2.62 bits per heavy atom. The van der Waals surface area contributed by atoms with E-state index in [1.165, 1.54) is 45.1 Å². The summed E-state index contributed by atoms with van der Waals surface area (Å²) in [6.45, 7) is 2.05. The third-order valence-electron chi connectivity index (χ3n) is 3.97. The van der Waals surface area contributed by atoms with Crippen LogP contribution >= 0.6 is 0 Å². The summed E-state index contributed by atoms with van der Waals surface area (Å²) in [7, 11) is -3.86. The van der Waals surface area contributed by atoms with Crippen LogP contribution in [0.3, 0.4) is 0 Å². The molecule has 0 spiro atoms. The zero-order valence-corrected chi connectivity index (χ0v) is 13.0. The van der Waals surface area contributed by atoms with E-state index < -0.39 is 15.9 Å². The smallest absolute Gasteiger partial charge is 0.287 e. The molecule has 2 rings (SSSR count). The average Bonchev–Trinajstić information content (AvgIpc) is 2.82. The fourth-order valence-electron chi connectivity index (χ4n) is 2.81. The van der Waals surface area contributed by atoms with Crippen LogP contribution in [0.25, 0.3) is 0 Å². The molecule has 0 aromatic carbocycles. The van der Waals surface area contributed by atoms with Gasteiger partial charge in [0.15, 0.2) is 5.76 Å². The Kier molecular flexibility index (Phi) is 5.05. The first kappa shape index (κ1) is 16.0. The van der Waals surface area contributed by atoms with Crippen molar-refractivity contribution < 1.29 is 17.6 Å². The summed E-state index contributed by atoms with van der Waals surface area (Å²) in [5.41, 5.74) is 0. The van der Waals surface area contributed by atoms with Gasteiger partial charge in [0.2, 0.25) is 10.0 Å². The molecule has 0 saturated heterocycles. The Balaban J connectivity index is 1.88. The molecule has 0 bridgehead atoms. The number of hydrogen-bond acceptors (Lipinski definition) is 4. The lowest BCUT2D eigenvalue weighted by atomic mass is 9.87. The number of furan rings is 1. The molecule has 1 heterocycles. The molecule has 21 heavy (non-hydrogen) atoms. The van der Waals surface area contributed by atoms with Crippen molar-refractivity contribution in [2.45, 2.75) is 50.3 Å². The number of hydrogen-bond donors (Lipinski definition) is 2. The van der Waals surface area contributed by atoms with Gasteiger partial charge in [-0.1, -0.05) is 32.1 Å². The van der Waals surface area contributed by atoms with Crippen LogP contribution in [-0.4, -0.2) is 20.9 Å².